The van der Waals surface area contributed by atoms with E-state index in [9.17, 15) is 4.79 Å². The molecule has 0 aromatic carbocycles. The van der Waals surface area contributed by atoms with Gasteiger partial charge in [-0.1, -0.05) is 62.6 Å². The van der Waals surface area contributed by atoms with Crippen LogP contribution in [-0.4, -0.2) is 15.9 Å². The smallest absolute Gasteiger partial charge is 0.306 e. The van der Waals surface area contributed by atoms with Crippen molar-refractivity contribution in [1.29, 1.82) is 0 Å². The third kappa shape index (κ3) is 14.6. The molecule has 0 N–H and O–H groups in total. The molecular formula is C23H34N2O2. The minimum Gasteiger partial charge on any atom is -0.459 e. The maximum atomic E-state index is 11.7. The van der Waals surface area contributed by atoms with Gasteiger partial charge in [0.25, 0.3) is 0 Å². The molecule has 0 saturated heterocycles. The van der Waals surface area contributed by atoms with E-state index in [-0.39, 0.29) is 12.6 Å². The van der Waals surface area contributed by atoms with Crippen molar-refractivity contribution < 1.29 is 9.53 Å². The minimum absolute atomic E-state index is 0.151. The van der Waals surface area contributed by atoms with Crippen molar-refractivity contribution >= 4 is 5.97 Å². The summed E-state index contributed by atoms with van der Waals surface area (Å²) in [4.78, 5) is 19.7. The SMILES string of the molecule is CC/C=C/C/C=C/C/C=C/CCCCCCCC(=O)OCc1cnccn1. The van der Waals surface area contributed by atoms with Crippen LogP contribution in [0.25, 0.3) is 0 Å². The fourth-order valence-electron chi connectivity index (χ4n) is 2.52. The van der Waals surface area contributed by atoms with Crippen LogP contribution in [0.4, 0.5) is 0 Å². The average molecular weight is 371 g/mol. The van der Waals surface area contributed by atoms with Crippen LogP contribution in [0.2, 0.25) is 0 Å². The average Bonchev–Trinajstić information content (AvgIpc) is 2.70. The zero-order chi connectivity index (χ0) is 19.4. The maximum absolute atomic E-state index is 11.7. The predicted octanol–water partition coefficient (Wildman–Crippen LogP) is 6.11. The molecule has 0 unspecified atom stereocenters. The summed E-state index contributed by atoms with van der Waals surface area (Å²) in [6.45, 7) is 2.36. The van der Waals surface area contributed by atoms with Gasteiger partial charge in [-0.2, -0.15) is 0 Å². The Morgan fingerprint density at radius 3 is 2.37 bits per heavy atom. The quantitative estimate of drug-likeness (QED) is 0.212. The second-order valence-corrected chi connectivity index (χ2v) is 6.46. The Morgan fingerprint density at radius 2 is 1.63 bits per heavy atom. The first-order valence-corrected chi connectivity index (χ1v) is 10.2. The Bertz CT molecular complexity index is 565. The second-order valence-electron chi connectivity index (χ2n) is 6.46. The first kappa shape index (κ1) is 22.8. The zero-order valence-corrected chi connectivity index (χ0v) is 16.7. The van der Waals surface area contributed by atoms with E-state index in [2.05, 4.69) is 53.3 Å². The Balaban J connectivity index is 1.87. The van der Waals surface area contributed by atoms with Crippen LogP contribution in [0, 0.1) is 0 Å². The number of unbranched alkanes of at least 4 members (excludes halogenated alkanes) is 5. The highest BCUT2D eigenvalue weighted by Crippen LogP contribution is 2.09. The standard InChI is InChI=1S/C23H34N2O2/c1-2-3-4-5-6-7-8-9-10-11-12-13-14-15-16-17-23(26)27-21-22-20-24-18-19-25-22/h3-4,6-7,9-10,18-20H,2,5,8,11-17,21H2,1H3/b4-3+,7-6+,10-9+. The third-order valence-corrected chi connectivity index (χ3v) is 4.03. The fraction of sp³-hybridized carbons (Fsp3) is 0.522. The zero-order valence-electron chi connectivity index (χ0n) is 16.7. The van der Waals surface area contributed by atoms with Crippen LogP contribution in [0.5, 0.6) is 0 Å². The van der Waals surface area contributed by atoms with Gasteiger partial charge < -0.3 is 4.74 Å². The summed E-state index contributed by atoms with van der Waals surface area (Å²) in [7, 11) is 0. The van der Waals surface area contributed by atoms with E-state index >= 15 is 0 Å². The lowest BCUT2D eigenvalue weighted by Crippen LogP contribution is -2.05. The molecule has 0 fully saturated rings. The Kier molecular flexibility index (Phi) is 14.5. The molecule has 0 saturated carbocycles. The van der Waals surface area contributed by atoms with E-state index in [1.807, 2.05) is 0 Å². The molecule has 0 aliphatic carbocycles. The lowest BCUT2D eigenvalue weighted by Gasteiger charge is -2.04. The molecule has 0 amide bonds. The lowest BCUT2D eigenvalue weighted by molar-refractivity contribution is -0.145. The number of allylic oxidation sites excluding steroid dienone is 6. The van der Waals surface area contributed by atoms with Crippen molar-refractivity contribution in [3.63, 3.8) is 0 Å². The van der Waals surface area contributed by atoms with Crippen molar-refractivity contribution in [2.75, 3.05) is 0 Å². The number of hydrogen-bond acceptors (Lipinski definition) is 4. The minimum atomic E-state index is -0.151. The van der Waals surface area contributed by atoms with Crippen molar-refractivity contribution in [2.24, 2.45) is 0 Å². The molecular weight excluding hydrogens is 336 g/mol. The number of rotatable bonds is 15. The molecule has 0 aliphatic rings. The van der Waals surface area contributed by atoms with Crippen molar-refractivity contribution in [3.8, 4) is 0 Å². The first-order valence-electron chi connectivity index (χ1n) is 10.2. The van der Waals surface area contributed by atoms with Gasteiger partial charge in [-0.3, -0.25) is 14.8 Å². The van der Waals surface area contributed by atoms with E-state index in [0.717, 1.165) is 38.5 Å². The summed E-state index contributed by atoms with van der Waals surface area (Å²) in [6.07, 6.45) is 28.6. The molecule has 1 aromatic heterocycles. The first-order chi connectivity index (χ1) is 13.3. The van der Waals surface area contributed by atoms with Gasteiger partial charge in [0, 0.05) is 18.8 Å². The van der Waals surface area contributed by atoms with E-state index in [1.54, 1.807) is 18.6 Å². The molecule has 0 aliphatic heterocycles. The van der Waals surface area contributed by atoms with E-state index in [4.69, 9.17) is 4.74 Å². The van der Waals surface area contributed by atoms with Crippen molar-refractivity contribution in [2.45, 2.75) is 77.7 Å². The van der Waals surface area contributed by atoms with E-state index in [1.165, 1.54) is 19.3 Å². The summed E-state index contributed by atoms with van der Waals surface area (Å²) in [5.41, 5.74) is 0.683. The van der Waals surface area contributed by atoms with Gasteiger partial charge in [0.15, 0.2) is 0 Å². The highest BCUT2D eigenvalue weighted by Gasteiger charge is 2.03. The van der Waals surface area contributed by atoms with E-state index < -0.39 is 0 Å². The van der Waals surface area contributed by atoms with Crippen LogP contribution < -0.4 is 0 Å². The Hall–Kier alpha value is -2.23. The molecule has 0 radical (unpaired) electrons. The van der Waals surface area contributed by atoms with Gasteiger partial charge >= 0.3 is 5.97 Å². The number of esters is 1. The van der Waals surface area contributed by atoms with Gasteiger partial charge in [0.1, 0.15) is 6.61 Å². The number of aromatic nitrogens is 2. The number of carbonyl (C=O) groups is 1. The number of carbonyl (C=O) groups excluding carboxylic acids is 1. The van der Waals surface area contributed by atoms with Gasteiger partial charge in [-0.05, 0) is 38.5 Å². The number of nitrogens with zero attached hydrogens (tertiary/aromatic N) is 2. The third-order valence-electron chi connectivity index (χ3n) is 4.03. The highest BCUT2D eigenvalue weighted by molar-refractivity contribution is 5.69. The van der Waals surface area contributed by atoms with Crippen LogP contribution in [0.1, 0.15) is 76.8 Å². The topological polar surface area (TPSA) is 52.1 Å². The number of hydrogen-bond donors (Lipinski definition) is 0. The Labute approximate surface area is 164 Å². The molecule has 148 valence electrons. The van der Waals surface area contributed by atoms with Crippen molar-refractivity contribution in [3.05, 3.63) is 60.7 Å². The molecule has 0 spiro atoms. The van der Waals surface area contributed by atoms with Crippen LogP contribution in [-0.2, 0) is 16.1 Å². The van der Waals surface area contributed by atoms with Crippen LogP contribution >= 0.6 is 0 Å². The summed E-state index contributed by atoms with van der Waals surface area (Å²) >= 11 is 0. The van der Waals surface area contributed by atoms with Gasteiger partial charge in [0.05, 0.1) is 11.9 Å². The molecule has 0 atom stereocenters. The van der Waals surface area contributed by atoms with Gasteiger partial charge in [-0.25, -0.2) is 0 Å². The molecule has 4 nitrogen and oxygen atoms in total. The number of ether oxygens (including phenoxy) is 1. The highest BCUT2D eigenvalue weighted by atomic mass is 16.5. The summed E-state index contributed by atoms with van der Waals surface area (Å²) in [5.74, 6) is -0.151. The molecule has 1 heterocycles. The molecule has 1 aromatic rings. The van der Waals surface area contributed by atoms with Gasteiger partial charge in [-0.15, -0.1) is 0 Å². The normalized spacial score (nSPS) is 11.7. The summed E-state index contributed by atoms with van der Waals surface area (Å²) in [5, 5.41) is 0. The van der Waals surface area contributed by atoms with Crippen LogP contribution in [0.3, 0.4) is 0 Å². The van der Waals surface area contributed by atoms with Gasteiger partial charge in [0.2, 0.25) is 0 Å². The summed E-state index contributed by atoms with van der Waals surface area (Å²) < 4.78 is 5.19. The van der Waals surface area contributed by atoms with Crippen LogP contribution in [0.15, 0.2) is 55.0 Å². The fourth-order valence-corrected chi connectivity index (χ4v) is 2.52. The molecule has 27 heavy (non-hydrogen) atoms. The summed E-state index contributed by atoms with van der Waals surface area (Å²) in [6, 6.07) is 0. The Morgan fingerprint density at radius 1 is 0.926 bits per heavy atom. The molecule has 0 bridgehead atoms. The maximum Gasteiger partial charge on any atom is 0.306 e. The molecule has 4 heteroatoms. The second kappa shape index (κ2) is 17.2. The lowest BCUT2D eigenvalue weighted by atomic mass is 10.1. The van der Waals surface area contributed by atoms with E-state index in [0.29, 0.717) is 12.1 Å². The van der Waals surface area contributed by atoms with Crippen molar-refractivity contribution in [1.82, 2.24) is 9.97 Å². The monoisotopic (exact) mass is 370 g/mol. The largest absolute Gasteiger partial charge is 0.459 e. The molecule has 1 rings (SSSR count). The predicted molar refractivity (Wildman–Crippen MR) is 111 cm³/mol.